The molecule has 1 amide bonds. The second kappa shape index (κ2) is 7.42. The Balaban J connectivity index is 1.12. The molecule has 4 saturated carbocycles. The van der Waals surface area contributed by atoms with Crippen molar-refractivity contribution in [1.82, 2.24) is 10.2 Å². The molecule has 0 radical (unpaired) electrons. The standard InChI is InChI=1S/C24H34N4O/c25-22(26)20-3-1-16(2-4-20)5-7-28-8-6-21(15-28)27-23(29)24-12-17-9-18(13-24)11-19(10-17)14-24/h1-4,17-19,21H,5-15H2,(H3,25,26)(H,27,29)/t17?,18?,19?,21-,24?/m0/s1. The molecule has 4 bridgehead atoms. The minimum Gasteiger partial charge on any atom is -0.384 e. The Hall–Kier alpha value is -1.88. The molecule has 29 heavy (non-hydrogen) atoms. The van der Waals surface area contributed by atoms with Gasteiger partial charge in [0.25, 0.3) is 0 Å². The molecule has 6 rings (SSSR count). The van der Waals surface area contributed by atoms with Crippen molar-refractivity contribution in [2.24, 2.45) is 28.9 Å². The van der Waals surface area contributed by atoms with Gasteiger partial charge in [0.1, 0.15) is 5.84 Å². The van der Waals surface area contributed by atoms with Crippen molar-refractivity contribution in [2.75, 3.05) is 19.6 Å². The van der Waals surface area contributed by atoms with E-state index >= 15 is 0 Å². The maximum atomic E-state index is 13.3. The van der Waals surface area contributed by atoms with Gasteiger partial charge in [-0.2, -0.15) is 0 Å². The largest absolute Gasteiger partial charge is 0.384 e. The summed E-state index contributed by atoms with van der Waals surface area (Å²) in [5, 5.41) is 11.0. The van der Waals surface area contributed by atoms with Crippen molar-refractivity contribution in [3.8, 4) is 0 Å². The lowest BCUT2D eigenvalue weighted by atomic mass is 9.49. The number of nitrogens with one attached hydrogen (secondary N) is 2. The third-order valence-electron chi connectivity index (χ3n) is 8.11. The molecule has 1 aliphatic heterocycles. The van der Waals surface area contributed by atoms with E-state index in [9.17, 15) is 4.79 Å². The SMILES string of the molecule is N=C(N)c1ccc(CCN2CC[C@H](NC(=O)C34CC5CC(CC(C5)C3)C4)C2)cc1. The van der Waals surface area contributed by atoms with Gasteiger partial charge >= 0.3 is 0 Å². The zero-order valence-corrected chi connectivity index (χ0v) is 17.3. The Bertz CT molecular complexity index is 751. The van der Waals surface area contributed by atoms with Crippen LogP contribution in [0.3, 0.4) is 0 Å². The number of rotatable bonds is 6. The maximum absolute atomic E-state index is 13.3. The van der Waals surface area contributed by atoms with E-state index in [-0.39, 0.29) is 11.3 Å². The molecule has 156 valence electrons. The number of amides is 1. The van der Waals surface area contributed by atoms with Crippen molar-refractivity contribution >= 4 is 11.7 Å². The third kappa shape index (κ3) is 3.81. The molecule has 4 N–H and O–H groups in total. The summed E-state index contributed by atoms with van der Waals surface area (Å²) in [6, 6.07) is 8.31. The Morgan fingerprint density at radius 1 is 1.10 bits per heavy atom. The molecule has 0 spiro atoms. The first-order valence-electron chi connectivity index (χ1n) is 11.5. The number of carbonyl (C=O) groups is 1. The molecular weight excluding hydrogens is 360 g/mol. The normalized spacial score (nSPS) is 35.7. The quantitative estimate of drug-likeness (QED) is 0.512. The van der Waals surface area contributed by atoms with Crippen molar-refractivity contribution in [2.45, 2.75) is 57.4 Å². The van der Waals surface area contributed by atoms with Gasteiger partial charge in [-0.25, -0.2) is 0 Å². The highest BCUT2D eigenvalue weighted by atomic mass is 16.2. The van der Waals surface area contributed by atoms with Gasteiger partial charge in [-0.15, -0.1) is 0 Å². The third-order valence-corrected chi connectivity index (χ3v) is 8.11. The summed E-state index contributed by atoms with van der Waals surface area (Å²) in [6.07, 6.45) is 9.67. The van der Waals surface area contributed by atoms with Gasteiger partial charge in [-0.05, 0) is 74.7 Å². The molecule has 1 saturated heterocycles. The number of benzene rings is 1. The van der Waals surface area contributed by atoms with Crippen molar-refractivity contribution < 1.29 is 4.79 Å². The highest BCUT2D eigenvalue weighted by molar-refractivity contribution is 5.94. The van der Waals surface area contributed by atoms with Crippen LogP contribution in [0.5, 0.6) is 0 Å². The second-order valence-electron chi connectivity index (χ2n) is 10.3. The van der Waals surface area contributed by atoms with Gasteiger partial charge in [-0.1, -0.05) is 24.3 Å². The number of nitrogens with zero attached hydrogens (tertiary/aromatic N) is 1. The molecule has 5 aliphatic rings. The summed E-state index contributed by atoms with van der Waals surface area (Å²) in [5.41, 5.74) is 7.55. The van der Waals surface area contributed by atoms with Crippen LogP contribution >= 0.6 is 0 Å². The summed E-state index contributed by atoms with van der Waals surface area (Å²) in [5.74, 6) is 2.96. The number of amidine groups is 1. The van der Waals surface area contributed by atoms with Gasteiger partial charge < -0.3 is 16.0 Å². The number of carbonyl (C=O) groups excluding carboxylic acids is 1. The average Bonchev–Trinajstić information content (AvgIpc) is 3.13. The minimum atomic E-state index is -0.0272. The monoisotopic (exact) mass is 394 g/mol. The fraction of sp³-hybridized carbons (Fsp3) is 0.667. The summed E-state index contributed by atoms with van der Waals surface area (Å²) >= 11 is 0. The molecule has 1 aromatic rings. The smallest absolute Gasteiger partial charge is 0.226 e. The number of hydrogen-bond acceptors (Lipinski definition) is 3. The van der Waals surface area contributed by atoms with Gasteiger partial charge in [-0.3, -0.25) is 10.2 Å². The maximum Gasteiger partial charge on any atom is 0.226 e. The van der Waals surface area contributed by atoms with E-state index in [2.05, 4.69) is 22.3 Å². The molecule has 5 nitrogen and oxygen atoms in total. The Kier molecular flexibility index (Phi) is 4.89. The molecule has 0 unspecified atom stereocenters. The fourth-order valence-corrected chi connectivity index (χ4v) is 7.02. The van der Waals surface area contributed by atoms with Crippen molar-refractivity contribution in [1.29, 1.82) is 5.41 Å². The van der Waals surface area contributed by atoms with E-state index in [0.29, 0.717) is 11.9 Å². The zero-order chi connectivity index (χ0) is 20.0. The Morgan fingerprint density at radius 3 is 2.31 bits per heavy atom. The van der Waals surface area contributed by atoms with Crippen LogP contribution in [0.15, 0.2) is 24.3 Å². The van der Waals surface area contributed by atoms with Crippen LogP contribution < -0.4 is 11.1 Å². The van der Waals surface area contributed by atoms with E-state index in [1.54, 1.807) is 0 Å². The molecule has 4 aliphatic carbocycles. The molecular formula is C24H34N4O. The van der Waals surface area contributed by atoms with E-state index in [4.69, 9.17) is 11.1 Å². The lowest BCUT2D eigenvalue weighted by Gasteiger charge is -2.55. The van der Waals surface area contributed by atoms with Crippen LogP contribution in [0.4, 0.5) is 0 Å². The summed E-state index contributed by atoms with van der Waals surface area (Å²) in [6.45, 7) is 3.06. The lowest BCUT2D eigenvalue weighted by molar-refractivity contribution is -0.146. The summed E-state index contributed by atoms with van der Waals surface area (Å²) in [7, 11) is 0. The first kappa shape index (κ1) is 19.1. The fourth-order valence-electron chi connectivity index (χ4n) is 7.02. The first-order chi connectivity index (χ1) is 14.0. The average molecular weight is 395 g/mol. The van der Waals surface area contributed by atoms with Crippen LogP contribution in [-0.2, 0) is 11.2 Å². The van der Waals surface area contributed by atoms with E-state index in [1.807, 2.05) is 12.1 Å². The van der Waals surface area contributed by atoms with E-state index < -0.39 is 0 Å². The lowest BCUT2D eigenvalue weighted by Crippen LogP contribution is -2.55. The topological polar surface area (TPSA) is 82.2 Å². The number of hydrogen-bond donors (Lipinski definition) is 3. The predicted molar refractivity (Wildman–Crippen MR) is 115 cm³/mol. The molecule has 0 aromatic heterocycles. The Labute approximate surface area is 173 Å². The van der Waals surface area contributed by atoms with Crippen LogP contribution in [0.25, 0.3) is 0 Å². The zero-order valence-electron chi connectivity index (χ0n) is 17.3. The molecule has 5 fully saturated rings. The summed E-state index contributed by atoms with van der Waals surface area (Å²) < 4.78 is 0. The molecule has 5 heteroatoms. The van der Waals surface area contributed by atoms with Crippen LogP contribution in [0.2, 0.25) is 0 Å². The van der Waals surface area contributed by atoms with Gasteiger partial charge in [0.2, 0.25) is 5.91 Å². The summed E-state index contributed by atoms with van der Waals surface area (Å²) in [4.78, 5) is 15.7. The van der Waals surface area contributed by atoms with Crippen LogP contribution in [0.1, 0.15) is 56.1 Å². The van der Waals surface area contributed by atoms with Crippen molar-refractivity contribution in [3.63, 3.8) is 0 Å². The highest BCUT2D eigenvalue weighted by Gasteiger charge is 2.54. The predicted octanol–water partition coefficient (Wildman–Crippen LogP) is 2.92. The molecule has 1 atom stereocenters. The number of likely N-dealkylation sites (tertiary alicyclic amines) is 1. The molecule has 1 heterocycles. The number of nitrogen functional groups attached to an aromatic ring is 1. The minimum absolute atomic E-state index is 0.0272. The Morgan fingerprint density at radius 2 is 1.72 bits per heavy atom. The second-order valence-corrected chi connectivity index (χ2v) is 10.3. The van der Waals surface area contributed by atoms with Crippen LogP contribution in [0, 0.1) is 28.6 Å². The first-order valence-corrected chi connectivity index (χ1v) is 11.5. The number of nitrogens with two attached hydrogens (primary N) is 1. The molecule has 1 aromatic carbocycles. The van der Waals surface area contributed by atoms with Crippen LogP contribution in [-0.4, -0.2) is 42.3 Å². The van der Waals surface area contributed by atoms with E-state index in [0.717, 1.165) is 75.1 Å². The van der Waals surface area contributed by atoms with Crippen molar-refractivity contribution in [3.05, 3.63) is 35.4 Å². The van der Waals surface area contributed by atoms with Gasteiger partial charge in [0.15, 0.2) is 0 Å². The van der Waals surface area contributed by atoms with Gasteiger partial charge in [0, 0.05) is 36.7 Å². The highest BCUT2D eigenvalue weighted by Crippen LogP contribution is 2.60. The van der Waals surface area contributed by atoms with E-state index in [1.165, 1.54) is 24.8 Å². The van der Waals surface area contributed by atoms with Gasteiger partial charge in [0.05, 0.1) is 0 Å².